The molecule has 1 saturated carbocycles. The van der Waals surface area contributed by atoms with Crippen molar-refractivity contribution in [2.75, 3.05) is 5.75 Å². The van der Waals surface area contributed by atoms with Crippen LogP contribution in [0.2, 0.25) is 5.02 Å². The number of aryl methyl sites for hydroxylation is 1. The zero-order valence-corrected chi connectivity index (χ0v) is 22.0. The minimum atomic E-state index is -3.71. The molecule has 196 valence electrons. The molecule has 1 N–H and O–H groups in total. The number of nitrogens with zero attached hydrogens (tertiary/aromatic N) is 3. The summed E-state index contributed by atoms with van der Waals surface area (Å²) in [5.41, 5.74) is 2.94. The Morgan fingerprint density at radius 3 is 2.32 bits per heavy atom. The molecule has 0 bridgehead atoms. The van der Waals surface area contributed by atoms with Gasteiger partial charge in [0.25, 0.3) is 5.56 Å². The highest BCUT2D eigenvalue weighted by molar-refractivity contribution is 7.92. The molecule has 5 rings (SSSR count). The van der Waals surface area contributed by atoms with E-state index >= 15 is 0 Å². The Kier molecular flexibility index (Phi) is 7.32. The number of fused-ring (bicyclic) bond motifs is 1. The van der Waals surface area contributed by atoms with Crippen LogP contribution in [0.4, 0.5) is 0 Å². The highest BCUT2D eigenvalue weighted by Crippen LogP contribution is 2.38. The van der Waals surface area contributed by atoms with Crippen LogP contribution >= 0.6 is 11.6 Å². The molecule has 1 aliphatic carbocycles. The fraction of sp³-hybridized carbons (Fsp3) is 0.286. The van der Waals surface area contributed by atoms with E-state index in [0.717, 1.165) is 21.4 Å². The number of carboxylic acid groups (broad SMARTS) is 1. The number of halogens is 1. The third-order valence-electron chi connectivity index (χ3n) is 7.32. The molecule has 0 spiro atoms. The first-order valence-electron chi connectivity index (χ1n) is 12.3. The predicted octanol–water partition coefficient (Wildman–Crippen LogP) is 4.25. The van der Waals surface area contributed by atoms with Gasteiger partial charge in [0.15, 0.2) is 9.84 Å². The summed E-state index contributed by atoms with van der Waals surface area (Å²) >= 11 is 5.95. The van der Waals surface area contributed by atoms with Gasteiger partial charge in [-0.1, -0.05) is 65.3 Å². The maximum absolute atomic E-state index is 13.3. The van der Waals surface area contributed by atoms with Crippen LogP contribution in [0.5, 0.6) is 0 Å². The number of aliphatic carboxylic acids is 1. The maximum Gasteiger partial charge on any atom is 0.308 e. The van der Waals surface area contributed by atoms with Crippen molar-refractivity contribution in [1.82, 2.24) is 15.0 Å². The standard InChI is InChI=1S/C28H26ClN3O5S/c29-22-12-9-20(10-13-22)19-7-5-18(6-8-19)15-16-38(36,37)25-14-11-21(26(25)28(34)35)17-32-27(33)23-3-1-2-4-24(23)30-31-32/h1-10,12-13,21,25-26H,11,14-17H2,(H,34,35)/t21-,25-,26-/m0/s1. The van der Waals surface area contributed by atoms with Crippen LogP contribution in [0.1, 0.15) is 18.4 Å². The van der Waals surface area contributed by atoms with Gasteiger partial charge in [-0.05, 0) is 66.1 Å². The zero-order chi connectivity index (χ0) is 26.9. The molecular formula is C28H26ClN3O5S. The molecule has 0 unspecified atom stereocenters. The molecule has 1 aliphatic rings. The van der Waals surface area contributed by atoms with E-state index in [1.807, 2.05) is 48.5 Å². The Morgan fingerprint density at radius 1 is 0.974 bits per heavy atom. The topological polar surface area (TPSA) is 119 Å². The van der Waals surface area contributed by atoms with Gasteiger partial charge in [-0.3, -0.25) is 9.59 Å². The summed E-state index contributed by atoms with van der Waals surface area (Å²) < 4.78 is 27.8. The monoisotopic (exact) mass is 551 g/mol. The van der Waals surface area contributed by atoms with Crippen molar-refractivity contribution in [3.63, 3.8) is 0 Å². The van der Waals surface area contributed by atoms with Gasteiger partial charge in [0.05, 0.1) is 28.9 Å². The number of carbonyl (C=O) groups is 1. The summed E-state index contributed by atoms with van der Waals surface area (Å²) in [6.07, 6.45) is 0.888. The summed E-state index contributed by atoms with van der Waals surface area (Å²) in [7, 11) is -3.71. The second-order valence-electron chi connectivity index (χ2n) is 9.65. The van der Waals surface area contributed by atoms with Crippen LogP contribution < -0.4 is 5.56 Å². The van der Waals surface area contributed by atoms with Crippen molar-refractivity contribution in [2.45, 2.75) is 31.1 Å². The molecule has 1 heterocycles. The van der Waals surface area contributed by atoms with E-state index in [1.165, 1.54) is 0 Å². The van der Waals surface area contributed by atoms with Gasteiger partial charge in [-0.15, -0.1) is 5.10 Å². The van der Waals surface area contributed by atoms with Gasteiger partial charge in [-0.2, -0.15) is 0 Å². The summed E-state index contributed by atoms with van der Waals surface area (Å²) in [5, 5.41) is 18.0. The minimum Gasteiger partial charge on any atom is -0.481 e. The molecule has 8 nitrogen and oxygen atoms in total. The van der Waals surface area contributed by atoms with E-state index in [4.69, 9.17) is 11.6 Å². The highest BCUT2D eigenvalue weighted by atomic mass is 35.5. The number of rotatable bonds is 8. The van der Waals surface area contributed by atoms with Crippen LogP contribution in [0.25, 0.3) is 22.0 Å². The van der Waals surface area contributed by atoms with Gasteiger partial charge in [0.2, 0.25) is 0 Å². The lowest BCUT2D eigenvalue weighted by Crippen LogP contribution is -2.38. The highest BCUT2D eigenvalue weighted by Gasteiger charge is 2.47. The molecule has 3 aromatic carbocycles. The van der Waals surface area contributed by atoms with Gasteiger partial charge < -0.3 is 5.11 Å². The van der Waals surface area contributed by atoms with Crippen molar-refractivity contribution >= 4 is 38.3 Å². The van der Waals surface area contributed by atoms with E-state index in [-0.39, 0.29) is 30.7 Å². The van der Waals surface area contributed by atoms with Gasteiger partial charge in [-0.25, -0.2) is 13.1 Å². The lowest BCUT2D eigenvalue weighted by atomic mass is 9.96. The van der Waals surface area contributed by atoms with Gasteiger partial charge >= 0.3 is 5.97 Å². The Morgan fingerprint density at radius 2 is 1.63 bits per heavy atom. The van der Waals surface area contributed by atoms with E-state index < -0.39 is 32.9 Å². The Labute approximate surface area is 224 Å². The van der Waals surface area contributed by atoms with E-state index in [0.29, 0.717) is 22.3 Å². The van der Waals surface area contributed by atoms with Gasteiger partial charge in [0.1, 0.15) is 5.52 Å². The van der Waals surface area contributed by atoms with Crippen molar-refractivity contribution in [3.05, 3.63) is 93.7 Å². The van der Waals surface area contributed by atoms with Crippen molar-refractivity contribution < 1.29 is 18.3 Å². The fourth-order valence-corrected chi connectivity index (χ4v) is 7.52. The van der Waals surface area contributed by atoms with Gasteiger partial charge in [0, 0.05) is 5.02 Å². The van der Waals surface area contributed by atoms with E-state index in [2.05, 4.69) is 10.3 Å². The van der Waals surface area contributed by atoms with Crippen LogP contribution in [0.15, 0.2) is 77.6 Å². The van der Waals surface area contributed by atoms with Crippen LogP contribution in [-0.4, -0.2) is 45.5 Å². The zero-order valence-electron chi connectivity index (χ0n) is 20.4. The smallest absolute Gasteiger partial charge is 0.308 e. The number of hydrogen-bond acceptors (Lipinski definition) is 6. The largest absolute Gasteiger partial charge is 0.481 e. The summed E-state index contributed by atoms with van der Waals surface area (Å²) in [4.78, 5) is 25.1. The second kappa shape index (κ2) is 10.7. The molecule has 38 heavy (non-hydrogen) atoms. The fourth-order valence-electron chi connectivity index (χ4n) is 5.29. The Bertz CT molecular complexity index is 1640. The van der Waals surface area contributed by atoms with Crippen molar-refractivity contribution in [3.8, 4) is 11.1 Å². The van der Waals surface area contributed by atoms with Crippen LogP contribution in [0.3, 0.4) is 0 Å². The lowest BCUT2D eigenvalue weighted by molar-refractivity contribution is -0.143. The average molecular weight is 552 g/mol. The molecule has 0 amide bonds. The van der Waals surface area contributed by atoms with Crippen molar-refractivity contribution in [1.29, 1.82) is 0 Å². The lowest BCUT2D eigenvalue weighted by Gasteiger charge is -2.21. The molecule has 0 aliphatic heterocycles. The number of benzene rings is 3. The number of carboxylic acids is 1. The third kappa shape index (κ3) is 5.35. The number of hydrogen-bond donors (Lipinski definition) is 1. The molecule has 3 atom stereocenters. The quantitative estimate of drug-likeness (QED) is 0.347. The summed E-state index contributed by atoms with van der Waals surface area (Å²) in [5.74, 6) is -2.98. The first-order chi connectivity index (χ1) is 18.2. The molecule has 0 radical (unpaired) electrons. The first kappa shape index (κ1) is 26.1. The van der Waals surface area contributed by atoms with E-state index in [1.54, 1.807) is 24.3 Å². The summed E-state index contributed by atoms with van der Waals surface area (Å²) in [6, 6.07) is 21.9. The first-order valence-corrected chi connectivity index (χ1v) is 14.4. The van der Waals surface area contributed by atoms with Crippen LogP contribution in [0, 0.1) is 11.8 Å². The molecule has 10 heteroatoms. The maximum atomic E-state index is 13.3. The molecule has 0 saturated heterocycles. The van der Waals surface area contributed by atoms with Crippen LogP contribution in [-0.2, 0) is 27.6 Å². The van der Waals surface area contributed by atoms with Crippen molar-refractivity contribution in [2.24, 2.45) is 11.8 Å². The molecule has 4 aromatic rings. The SMILES string of the molecule is O=C(O)[C@H]1[C@H](Cn2nnc3ccccc3c2=O)CC[C@@H]1S(=O)(=O)CCc1ccc(-c2ccc(Cl)cc2)cc1. The average Bonchev–Trinajstić information content (AvgIpc) is 3.35. The number of aromatic nitrogens is 3. The van der Waals surface area contributed by atoms with E-state index in [9.17, 15) is 23.1 Å². The Balaban J connectivity index is 1.28. The Hall–Kier alpha value is -3.56. The minimum absolute atomic E-state index is 0.00577. The molecular weight excluding hydrogens is 526 g/mol. The normalized spacial score (nSPS) is 19.6. The molecule has 1 fully saturated rings. The summed E-state index contributed by atoms with van der Waals surface area (Å²) in [6.45, 7) is 0.00577. The number of sulfone groups is 1. The third-order valence-corrected chi connectivity index (χ3v) is 9.80. The second-order valence-corrected chi connectivity index (χ2v) is 12.4. The predicted molar refractivity (Wildman–Crippen MR) is 146 cm³/mol. The molecule has 1 aromatic heterocycles.